The third-order valence-electron chi connectivity index (χ3n) is 4.76. The van der Waals surface area contributed by atoms with Crippen molar-refractivity contribution in [1.29, 1.82) is 0 Å². The van der Waals surface area contributed by atoms with Gasteiger partial charge in [0.25, 0.3) is 0 Å². The van der Waals surface area contributed by atoms with E-state index in [9.17, 15) is 13.6 Å². The summed E-state index contributed by atoms with van der Waals surface area (Å²) in [6, 6.07) is 11.1. The maximum Gasteiger partial charge on any atom is 0.230 e. The molecule has 1 aliphatic rings. The summed E-state index contributed by atoms with van der Waals surface area (Å²) >= 11 is 0. The number of benzene rings is 2. The molecular formula is C20H17F2N3O. The SMILES string of the molecule is O=C1C(Cc2cccc(F)c2)CCN1c1ccc(-c2cn[nH]c2)c(F)c1. The summed E-state index contributed by atoms with van der Waals surface area (Å²) in [5.74, 6) is -0.967. The quantitative estimate of drug-likeness (QED) is 0.772. The van der Waals surface area contributed by atoms with Crippen molar-refractivity contribution in [3.63, 3.8) is 0 Å². The molecule has 1 atom stereocenters. The van der Waals surface area contributed by atoms with Gasteiger partial charge in [0.1, 0.15) is 11.6 Å². The lowest BCUT2D eigenvalue weighted by atomic mass is 9.98. The molecule has 1 N–H and O–H groups in total. The summed E-state index contributed by atoms with van der Waals surface area (Å²) in [6.45, 7) is 0.531. The highest BCUT2D eigenvalue weighted by Gasteiger charge is 2.32. The number of rotatable bonds is 4. The second-order valence-corrected chi connectivity index (χ2v) is 6.46. The van der Waals surface area contributed by atoms with E-state index >= 15 is 0 Å². The van der Waals surface area contributed by atoms with Gasteiger partial charge in [-0.1, -0.05) is 12.1 Å². The third-order valence-corrected chi connectivity index (χ3v) is 4.76. The Balaban J connectivity index is 1.52. The fraction of sp³-hybridized carbons (Fsp3) is 0.200. The molecule has 0 radical (unpaired) electrons. The maximum absolute atomic E-state index is 14.5. The molecule has 0 bridgehead atoms. The summed E-state index contributed by atoms with van der Waals surface area (Å²) in [6.07, 6.45) is 4.32. The number of H-pyrrole nitrogens is 1. The highest BCUT2D eigenvalue weighted by Crippen LogP contribution is 2.31. The molecule has 4 rings (SSSR count). The van der Waals surface area contributed by atoms with E-state index in [0.717, 1.165) is 5.56 Å². The Morgan fingerprint density at radius 1 is 1.19 bits per heavy atom. The summed E-state index contributed by atoms with van der Waals surface area (Å²) in [7, 11) is 0. The number of carbonyl (C=O) groups is 1. The van der Waals surface area contributed by atoms with E-state index in [1.807, 2.05) is 6.07 Å². The van der Waals surface area contributed by atoms with Gasteiger partial charge < -0.3 is 4.90 Å². The third kappa shape index (κ3) is 3.10. The first-order valence-corrected chi connectivity index (χ1v) is 8.46. The van der Waals surface area contributed by atoms with Gasteiger partial charge in [-0.25, -0.2) is 8.78 Å². The molecule has 3 aromatic rings. The number of carbonyl (C=O) groups excluding carboxylic acids is 1. The highest BCUT2D eigenvalue weighted by atomic mass is 19.1. The number of aromatic nitrogens is 2. The lowest BCUT2D eigenvalue weighted by Crippen LogP contribution is -2.27. The van der Waals surface area contributed by atoms with Gasteiger partial charge in [0.2, 0.25) is 5.91 Å². The van der Waals surface area contributed by atoms with Crippen LogP contribution in [0.25, 0.3) is 11.1 Å². The van der Waals surface area contributed by atoms with Crippen LogP contribution in [0.1, 0.15) is 12.0 Å². The van der Waals surface area contributed by atoms with Crippen molar-refractivity contribution in [3.05, 3.63) is 72.1 Å². The van der Waals surface area contributed by atoms with E-state index in [1.165, 1.54) is 18.2 Å². The average molecular weight is 353 g/mol. The average Bonchev–Trinajstić information content (AvgIpc) is 3.26. The first-order valence-electron chi connectivity index (χ1n) is 8.46. The van der Waals surface area contributed by atoms with Crippen molar-refractivity contribution in [2.24, 2.45) is 5.92 Å². The Morgan fingerprint density at radius 3 is 2.81 bits per heavy atom. The Morgan fingerprint density at radius 2 is 2.08 bits per heavy atom. The van der Waals surface area contributed by atoms with Gasteiger partial charge in [0, 0.05) is 35.5 Å². The molecule has 2 aromatic carbocycles. The molecule has 1 saturated heterocycles. The number of nitrogens with one attached hydrogen (secondary N) is 1. The minimum atomic E-state index is -0.398. The minimum Gasteiger partial charge on any atom is -0.312 e. The molecule has 2 heterocycles. The van der Waals surface area contributed by atoms with Crippen LogP contribution in [0.2, 0.25) is 0 Å². The number of amides is 1. The van der Waals surface area contributed by atoms with Crippen LogP contribution >= 0.6 is 0 Å². The highest BCUT2D eigenvalue weighted by molar-refractivity contribution is 5.97. The van der Waals surface area contributed by atoms with E-state index in [1.54, 1.807) is 35.5 Å². The molecule has 6 heteroatoms. The molecule has 1 aromatic heterocycles. The smallest absolute Gasteiger partial charge is 0.230 e. The van der Waals surface area contributed by atoms with E-state index in [0.29, 0.717) is 36.2 Å². The number of aromatic amines is 1. The Hall–Kier alpha value is -3.02. The van der Waals surface area contributed by atoms with Crippen molar-refractivity contribution in [3.8, 4) is 11.1 Å². The van der Waals surface area contributed by atoms with Gasteiger partial charge in [0.05, 0.1) is 6.20 Å². The van der Waals surface area contributed by atoms with Crippen LogP contribution in [-0.4, -0.2) is 22.6 Å². The summed E-state index contributed by atoms with van der Waals surface area (Å²) in [4.78, 5) is 14.3. The van der Waals surface area contributed by atoms with Gasteiger partial charge in [-0.05, 0) is 48.7 Å². The summed E-state index contributed by atoms with van der Waals surface area (Å²) in [5.41, 5.74) is 2.43. The van der Waals surface area contributed by atoms with E-state index < -0.39 is 5.82 Å². The minimum absolute atomic E-state index is 0.0512. The van der Waals surface area contributed by atoms with Crippen LogP contribution in [0.3, 0.4) is 0 Å². The molecular weight excluding hydrogens is 336 g/mol. The number of anilines is 1. The second kappa shape index (κ2) is 6.71. The summed E-state index contributed by atoms with van der Waals surface area (Å²) < 4.78 is 27.8. The molecule has 0 spiro atoms. The molecule has 0 aliphatic carbocycles. The van der Waals surface area contributed by atoms with Gasteiger partial charge in [-0.2, -0.15) is 5.10 Å². The van der Waals surface area contributed by atoms with Gasteiger partial charge in [-0.3, -0.25) is 9.89 Å². The Kier molecular flexibility index (Phi) is 4.24. The van der Waals surface area contributed by atoms with Crippen LogP contribution < -0.4 is 4.90 Å². The molecule has 132 valence electrons. The monoisotopic (exact) mass is 353 g/mol. The molecule has 4 nitrogen and oxygen atoms in total. The first-order chi connectivity index (χ1) is 12.6. The van der Waals surface area contributed by atoms with E-state index in [-0.39, 0.29) is 17.6 Å². The van der Waals surface area contributed by atoms with Crippen LogP contribution in [-0.2, 0) is 11.2 Å². The van der Waals surface area contributed by atoms with E-state index in [4.69, 9.17) is 0 Å². The normalized spacial score (nSPS) is 17.1. The van der Waals surface area contributed by atoms with Gasteiger partial charge >= 0.3 is 0 Å². The van der Waals surface area contributed by atoms with Crippen LogP contribution in [0.4, 0.5) is 14.5 Å². The molecule has 1 amide bonds. The predicted molar refractivity (Wildman–Crippen MR) is 94.5 cm³/mol. The molecule has 1 fully saturated rings. The number of halogens is 2. The standard InChI is InChI=1S/C20H17F2N3O/c21-16-3-1-2-13(9-16)8-14-6-7-25(20(14)26)17-4-5-18(19(22)10-17)15-11-23-24-12-15/h1-5,9-12,14H,6-8H2,(H,23,24). The predicted octanol–water partition coefficient (Wildman–Crippen LogP) is 3.95. The fourth-order valence-electron chi connectivity index (χ4n) is 3.44. The Bertz CT molecular complexity index is 940. The molecule has 1 unspecified atom stereocenters. The zero-order valence-corrected chi connectivity index (χ0v) is 14.0. The largest absolute Gasteiger partial charge is 0.312 e. The lowest BCUT2D eigenvalue weighted by Gasteiger charge is -2.18. The first kappa shape index (κ1) is 16.4. The Labute approximate surface area is 149 Å². The lowest BCUT2D eigenvalue weighted by molar-refractivity contribution is -0.120. The van der Waals surface area contributed by atoms with Crippen molar-refractivity contribution in [1.82, 2.24) is 10.2 Å². The van der Waals surface area contributed by atoms with Crippen LogP contribution in [0.5, 0.6) is 0 Å². The zero-order valence-electron chi connectivity index (χ0n) is 14.0. The fourth-order valence-corrected chi connectivity index (χ4v) is 3.44. The topological polar surface area (TPSA) is 49.0 Å². The molecule has 26 heavy (non-hydrogen) atoms. The number of nitrogens with zero attached hydrogens (tertiary/aromatic N) is 2. The van der Waals surface area contributed by atoms with Crippen LogP contribution in [0, 0.1) is 17.6 Å². The van der Waals surface area contributed by atoms with Gasteiger partial charge in [0.15, 0.2) is 0 Å². The molecule has 1 aliphatic heterocycles. The van der Waals surface area contributed by atoms with Gasteiger partial charge in [-0.15, -0.1) is 0 Å². The second-order valence-electron chi connectivity index (χ2n) is 6.46. The van der Waals surface area contributed by atoms with Crippen molar-refractivity contribution in [2.45, 2.75) is 12.8 Å². The van der Waals surface area contributed by atoms with Crippen molar-refractivity contribution < 1.29 is 13.6 Å². The summed E-state index contributed by atoms with van der Waals surface area (Å²) in [5, 5.41) is 6.48. The van der Waals surface area contributed by atoms with Crippen molar-refractivity contribution in [2.75, 3.05) is 11.4 Å². The van der Waals surface area contributed by atoms with Crippen molar-refractivity contribution >= 4 is 11.6 Å². The maximum atomic E-state index is 14.5. The van der Waals surface area contributed by atoms with Crippen LogP contribution in [0.15, 0.2) is 54.9 Å². The number of hydrogen-bond donors (Lipinski definition) is 1. The van der Waals surface area contributed by atoms with E-state index in [2.05, 4.69) is 10.2 Å². The molecule has 0 saturated carbocycles. The zero-order chi connectivity index (χ0) is 18.1. The number of hydrogen-bond acceptors (Lipinski definition) is 2.